The van der Waals surface area contributed by atoms with E-state index in [1.165, 1.54) is 18.6 Å². The number of nitrogens with zero attached hydrogens (tertiary/aromatic N) is 1. The van der Waals surface area contributed by atoms with Gasteiger partial charge in [-0.2, -0.15) is 0 Å². The van der Waals surface area contributed by atoms with E-state index >= 15 is 0 Å². The molecule has 3 aliphatic rings. The van der Waals surface area contributed by atoms with Crippen LogP contribution in [0, 0.1) is 17.7 Å². The molecule has 3 fully saturated rings. The van der Waals surface area contributed by atoms with Gasteiger partial charge < -0.3 is 15.0 Å². The Labute approximate surface area is 219 Å². The Morgan fingerprint density at radius 2 is 1.84 bits per heavy atom. The fourth-order valence-corrected chi connectivity index (χ4v) is 6.11. The van der Waals surface area contributed by atoms with Crippen molar-refractivity contribution in [3.63, 3.8) is 0 Å². The number of hydrogen-bond donors (Lipinski definition) is 1. The lowest BCUT2D eigenvalue weighted by molar-refractivity contribution is -0.149. The zero-order chi connectivity index (χ0) is 25.9. The van der Waals surface area contributed by atoms with E-state index in [0.717, 1.165) is 49.7 Å². The Morgan fingerprint density at radius 3 is 2.62 bits per heavy atom. The molecule has 0 spiro atoms. The summed E-state index contributed by atoms with van der Waals surface area (Å²) in [6, 6.07) is 14.0. The quantitative estimate of drug-likeness (QED) is 0.501. The molecule has 1 aliphatic heterocycles. The maximum Gasteiger partial charge on any atom is 0.289 e. The van der Waals surface area contributed by atoms with Crippen molar-refractivity contribution in [3.8, 4) is 0 Å². The van der Waals surface area contributed by atoms with E-state index in [-0.39, 0.29) is 35.8 Å². The minimum absolute atomic E-state index is 0.00219. The second-order valence-corrected chi connectivity index (χ2v) is 11.0. The molecular weight excluding hydrogens is 467 g/mol. The third kappa shape index (κ3) is 5.73. The zero-order valence-corrected chi connectivity index (χ0v) is 21.8. The predicted octanol–water partition coefficient (Wildman–Crippen LogP) is 6.09. The number of carbonyl (C=O) groups is 2. The molecule has 5 atom stereocenters. The van der Waals surface area contributed by atoms with E-state index in [1.807, 2.05) is 23.1 Å². The summed E-state index contributed by atoms with van der Waals surface area (Å²) in [6.45, 7) is 4.84. The highest BCUT2D eigenvalue weighted by atomic mass is 19.1. The molecule has 2 aromatic carbocycles. The number of fused-ring (bicyclic) bond motifs is 1. The van der Waals surface area contributed by atoms with E-state index < -0.39 is 0 Å². The van der Waals surface area contributed by atoms with Crippen LogP contribution in [-0.4, -0.2) is 34.9 Å². The molecule has 0 bridgehead atoms. The Morgan fingerprint density at radius 1 is 1.05 bits per heavy atom. The Kier molecular flexibility index (Phi) is 7.63. The molecule has 2 aliphatic carbocycles. The first-order valence-corrected chi connectivity index (χ1v) is 13.7. The van der Waals surface area contributed by atoms with Gasteiger partial charge in [0.15, 0.2) is 5.76 Å². The van der Waals surface area contributed by atoms with Crippen LogP contribution < -0.4 is 5.32 Å². The normalized spacial score (nSPS) is 28.9. The molecule has 2 amide bonds. The second-order valence-electron chi connectivity index (χ2n) is 11.0. The van der Waals surface area contributed by atoms with Crippen LogP contribution in [-0.2, 0) is 16.1 Å². The number of amides is 2. The molecule has 6 heteroatoms. The summed E-state index contributed by atoms with van der Waals surface area (Å²) in [5.41, 5.74) is 2.19. The third-order valence-corrected chi connectivity index (χ3v) is 8.55. The monoisotopic (exact) mass is 504 g/mol. The van der Waals surface area contributed by atoms with Gasteiger partial charge >= 0.3 is 0 Å². The number of halogens is 1. The molecule has 2 aromatic rings. The largest absolute Gasteiger partial charge is 0.482 e. The maximum absolute atomic E-state index is 13.8. The van der Waals surface area contributed by atoms with Crippen molar-refractivity contribution in [3.05, 3.63) is 76.8 Å². The van der Waals surface area contributed by atoms with Gasteiger partial charge in [-0.1, -0.05) is 57.4 Å². The maximum atomic E-state index is 13.8. The lowest BCUT2D eigenvalue weighted by atomic mass is 9.78. The SMILES string of the molecule is CC1CCCC(NC(=O)c2ccc(/C=C3\OC4CCCCC4N(Cc4cccc(F)c4)C3=O)cc2)C1C. The second kappa shape index (κ2) is 11.1. The molecule has 196 valence electrons. The van der Waals surface area contributed by atoms with Crippen molar-refractivity contribution in [2.45, 2.75) is 83.5 Å². The third-order valence-electron chi connectivity index (χ3n) is 8.55. The van der Waals surface area contributed by atoms with Crippen LogP contribution in [0.25, 0.3) is 6.08 Å². The van der Waals surface area contributed by atoms with Gasteiger partial charge in [-0.3, -0.25) is 9.59 Å². The molecule has 37 heavy (non-hydrogen) atoms. The average Bonchev–Trinajstić information content (AvgIpc) is 2.89. The first-order chi connectivity index (χ1) is 17.9. The van der Waals surface area contributed by atoms with Crippen LogP contribution in [0.4, 0.5) is 4.39 Å². The molecule has 2 saturated carbocycles. The van der Waals surface area contributed by atoms with Crippen molar-refractivity contribution in [2.24, 2.45) is 11.8 Å². The van der Waals surface area contributed by atoms with Gasteiger partial charge in [-0.15, -0.1) is 0 Å². The Balaban J connectivity index is 1.31. The first-order valence-electron chi connectivity index (χ1n) is 13.7. The van der Waals surface area contributed by atoms with Crippen LogP contribution in [0.3, 0.4) is 0 Å². The first kappa shape index (κ1) is 25.5. The van der Waals surface area contributed by atoms with Crippen molar-refractivity contribution in [1.82, 2.24) is 10.2 Å². The van der Waals surface area contributed by atoms with Gasteiger partial charge in [0.1, 0.15) is 11.9 Å². The molecule has 0 radical (unpaired) electrons. The average molecular weight is 505 g/mol. The molecular formula is C31H37FN2O3. The highest BCUT2D eigenvalue weighted by Crippen LogP contribution is 2.34. The highest BCUT2D eigenvalue weighted by Gasteiger charge is 2.41. The molecule has 0 aromatic heterocycles. The van der Waals surface area contributed by atoms with Crippen LogP contribution in [0.2, 0.25) is 0 Å². The van der Waals surface area contributed by atoms with Crippen LogP contribution >= 0.6 is 0 Å². The number of carbonyl (C=O) groups excluding carboxylic acids is 2. The molecule has 1 saturated heterocycles. The molecule has 1 N–H and O–H groups in total. The standard InChI is InChI=1S/C31H37FN2O3/c1-20-7-5-10-26(21(20)2)33-30(35)24-15-13-22(14-16-24)18-29-31(36)34(19-23-8-6-9-25(32)17-23)27-11-3-4-12-28(27)37-29/h6,8-9,13-18,20-21,26-28H,3-5,7,10-12,19H2,1-2H3,(H,33,35)/b29-18-. The topological polar surface area (TPSA) is 58.6 Å². The summed E-state index contributed by atoms with van der Waals surface area (Å²) in [7, 11) is 0. The molecule has 1 heterocycles. The predicted molar refractivity (Wildman–Crippen MR) is 142 cm³/mol. The van der Waals surface area contributed by atoms with E-state index in [9.17, 15) is 14.0 Å². The number of hydrogen-bond acceptors (Lipinski definition) is 3. The van der Waals surface area contributed by atoms with Gasteiger partial charge in [-0.05, 0) is 79.0 Å². The van der Waals surface area contributed by atoms with Gasteiger partial charge in [0, 0.05) is 18.2 Å². The van der Waals surface area contributed by atoms with E-state index in [0.29, 0.717) is 29.7 Å². The van der Waals surface area contributed by atoms with Crippen molar-refractivity contribution < 1.29 is 18.7 Å². The van der Waals surface area contributed by atoms with Crippen molar-refractivity contribution >= 4 is 17.9 Å². The van der Waals surface area contributed by atoms with Crippen LogP contribution in [0.1, 0.15) is 80.3 Å². The lowest BCUT2D eigenvalue weighted by Gasteiger charge is -2.44. The fourth-order valence-electron chi connectivity index (χ4n) is 6.11. The number of morpholine rings is 1. The van der Waals surface area contributed by atoms with Gasteiger partial charge in [0.25, 0.3) is 11.8 Å². The van der Waals surface area contributed by atoms with Crippen LogP contribution in [0.5, 0.6) is 0 Å². The van der Waals surface area contributed by atoms with E-state index in [4.69, 9.17) is 4.74 Å². The highest BCUT2D eigenvalue weighted by molar-refractivity contribution is 5.97. The van der Waals surface area contributed by atoms with E-state index in [2.05, 4.69) is 19.2 Å². The number of ether oxygens (including phenoxy) is 1. The summed E-state index contributed by atoms with van der Waals surface area (Å²) < 4.78 is 20.0. The summed E-state index contributed by atoms with van der Waals surface area (Å²) >= 11 is 0. The number of benzene rings is 2. The van der Waals surface area contributed by atoms with Gasteiger partial charge in [0.05, 0.1) is 6.04 Å². The summed E-state index contributed by atoms with van der Waals surface area (Å²) in [5.74, 6) is 0.865. The van der Waals surface area contributed by atoms with Crippen LogP contribution in [0.15, 0.2) is 54.3 Å². The Bertz CT molecular complexity index is 1160. The fraction of sp³-hybridized carbons (Fsp3) is 0.484. The Hall–Kier alpha value is -3.15. The number of rotatable bonds is 5. The minimum atomic E-state index is -0.300. The van der Waals surface area contributed by atoms with Gasteiger partial charge in [-0.25, -0.2) is 4.39 Å². The van der Waals surface area contributed by atoms with E-state index in [1.54, 1.807) is 24.3 Å². The molecule has 5 nitrogen and oxygen atoms in total. The van der Waals surface area contributed by atoms with Gasteiger partial charge in [0.2, 0.25) is 0 Å². The summed E-state index contributed by atoms with van der Waals surface area (Å²) in [5, 5.41) is 3.22. The summed E-state index contributed by atoms with van der Waals surface area (Å²) in [6.07, 6.45) is 9.00. The molecule has 5 unspecified atom stereocenters. The minimum Gasteiger partial charge on any atom is -0.482 e. The smallest absolute Gasteiger partial charge is 0.289 e. The van der Waals surface area contributed by atoms with Crippen molar-refractivity contribution in [1.29, 1.82) is 0 Å². The zero-order valence-electron chi connectivity index (χ0n) is 21.8. The lowest BCUT2D eigenvalue weighted by Crippen LogP contribution is -2.54. The summed E-state index contributed by atoms with van der Waals surface area (Å²) in [4.78, 5) is 28.2. The number of nitrogens with one attached hydrogen (secondary N) is 1. The molecule has 5 rings (SSSR count). The van der Waals surface area contributed by atoms with Crippen molar-refractivity contribution in [2.75, 3.05) is 0 Å².